The van der Waals surface area contributed by atoms with Crippen molar-refractivity contribution >= 4 is 23.3 Å². The summed E-state index contributed by atoms with van der Waals surface area (Å²) >= 11 is 0. The molecule has 29 heavy (non-hydrogen) atoms. The Hall–Kier alpha value is -4.33. The molecule has 1 aliphatic carbocycles. The Kier molecular flexibility index (Phi) is 4.93. The van der Waals surface area contributed by atoms with Gasteiger partial charge in [0.25, 0.3) is 0 Å². The number of carbonyl (C=O) groups is 3. The number of hydrogen-bond donors (Lipinski definition) is 5. The van der Waals surface area contributed by atoms with Gasteiger partial charge < -0.3 is 25.5 Å². The molecule has 0 amide bonds. The van der Waals surface area contributed by atoms with Gasteiger partial charge in [-0.2, -0.15) is 0 Å². The zero-order valence-corrected chi connectivity index (χ0v) is 14.7. The summed E-state index contributed by atoms with van der Waals surface area (Å²) in [6, 6.07) is 7.52. The van der Waals surface area contributed by atoms with E-state index in [2.05, 4.69) is 0 Å². The predicted molar refractivity (Wildman–Crippen MR) is 101 cm³/mol. The van der Waals surface area contributed by atoms with Gasteiger partial charge in [0.1, 0.15) is 22.6 Å². The predicted octanol–water partition coefficient (Wildman–Crippen LogP) is 2.88. The lowest BCUT2D eigenvalue weighted by molar-refractivity contribution is -0.113. The zero-order chi connectivity index (χ0) is 21.3. The molecule has 0 fully saturated rings. The van der Waals surface area contributed by atoms with Gasteiger partial charge in [0.15, 0.2) is 5.76 Å². The highest BCUT2D eigenvalue weighted by Crippen LogP contribution is 2.34. The fourth-order valence-corrected chi connectivity index (χ4v) is 2.90. The number of aromatic carboxylic acids is 2. The highest BCUT2D eigenvalue weighted by molar-refractivity contribution is 6.06. The third kappa shape index (κ3) is 3.72. The molecule has 0 saturated carbocycles. The molecule has 0 bridgehead atoms. The van der Waals surface area contributed by atoms with Crippen LogP contribution < -0.4 is 0 Å². The van der Waals surface area contributed by atoms with E-state index in [1.54, 1.807) is 0 Å². The van der Waals surface area contributed by atoms with Crippen molar-refractivity contribution in [3.63, 3.8) is 0 Å². The van der Waals surface area contributed by atoms with Crippen LogP contribution in [0.1, 0.15) is 31.8 Å². The van der Waals surface area contributed by atoms with E-state index < -0.39 is 35.0 Å². The van der Waals surface area contributed by atoms with Crippen molar-refractivity contribution < 1.29 is 39.9 Å². The molecule has 8 nitrogen and oxygen atoms in total. The van der Waals surface area contributed by atoms with Gasteiger partial charge in [-0.3, -0.25) is 4.79 Å². The molecule has 0 aromatic heterocycles. The molecule has 0 saturated heterocycles. The van der Waals surface area contributed by atoms with Crippen LogP contribution in [-0.2, 0) is 4.79 Å². The van der Waals surface area contributed by atoms with Crippen LogP contribution in [0.2, 0.25) is 0 Å². The number of aromatic hydroxyl groups is 2. The fourth-order valence-electron chi connectivity index (χ4n) is 2.90. The lowest BCUT2D eigenvalue weighted by atomic mass is 9.89. The van der Waals surface area contributed by atoms with Crippen LogP contribution in [-0.4, -0.2) is 43.3 Å². The summed E-state index contributed by atoms with van der Waals surface area (Å²) in [6.07, 6.45) is 3.66. The standard InChI is InChI=1S/C21H14O8/c22-15-4-1-10(7-13(15)20(26)27)19(12-3-6-17(24)18(25)9-12)11-2-5-16(23)14(8-11)21(28)29/h1-9,22-23,25H,(H,26,27)(H,28,29). The van der Waals surface area contributed by atoms with E-state index in [1.807, 2.05) is 0 Å². The molecule has 0 atom stereocenters. The van der Waals surface area contributed by atoms with Crippen LogP contribution in [0.4, 0.5) is 0 Å². The number of carboxylic acid groups (broad SMARTS) is 2. The summed E-state index contributed by atoms with van der Waals surface area (Å²) in [5.74, 6) is -4.85. The first-order valence-electron chi connectivity index (χ1n) is 8.19. The normalized spacial score (nSPS) is 13.2. The van der Waals surface area contributed by atoms with Gasteiger partial charge in [-0.05, 0) is 58.7 Å². The maximum absolute atomic E-state index is 11.6. The number of aliphatic hydroxyl groups excluding tert-OH is 1. The summed E-state index contributed by atoms with van der Waals surface area (Å²) in [5.41, 5.74) is 0.362. The molecule has 0 aliphatic heterocycles. The minimum Gasteiger partial charge on any atom is -0.507 e. The largest absolute Gasteiger partial charge is 0.507 e. The Balaban J connectivity index is 2.34. The Bertz CT molecular complexity index is 1090. The van der Waals surface area contributed by atoms with Crippen molar-refractivity contribution in [2.45, 2.75) is 0 Å². The number of carbonyl (C=O) groups excluding carboxylic acids is 1. The number of carboxylic acids is 2. The molecule has 8 heteroatoms. The third-order valence-electron chi connectivity index (χ3n) is 4.28. The Morgan fingerprint density at radius 2 is 1.21 bits per heavy atom. The summed E-state index contributed by atoms with van der Waals surface area (Å²) < 4.78 is 0. The summed E-state index contributed by atoms with van der Waals surface area (Å²) in [5, 5.41) is 48.0. The molecule has 2 aromatic rings. The number of phenols is 2. The van der Waals surface area contributed by atoms with Crippen molar-refractivity contribution in [1.82, 2.24) is 0 Å². The van der Waals surface area contributed by atoms with Gasteiger partial charge in [-0.15, -0.1) is 0 Å². The lowest BCUT2D eigenvalue weighted by Gasteiger charge is -2.16. The minimum atomic E-state index is -1.38. The molecular weight excluding hydrogens is 380 g/mol. The number of benzene rings is 2. The average molecular weight is 394 g/mol. The van der Waals surface area contributed by atoms with E-state index >= 15 is 0 Å². The topological polar surface area (TPSA) is 152 Å². The fraction of sp³-hybridized carbons (Fsp3) is 0. The van der Waals surface area contributed by atoms with E-state index in [-0.39, 0.29) is 27.8 Å². The van der Waals surface area contributed by atoms with Crippen molar-refractivity contribution in [1.29, 1.82) is 0 Å². The number of hydrogen-bond acceptors (Lipinski definition) is 6. The van der Waals surface area contributed by atoms with E-state index in [0.717, 1.165) is 12.2 Å². The third-order valence-corrected chi connectivity index (χ3v) is 4.28. The van der Waals surface area contributed by atoms with E-state index in [0.29, 0.717) is 5.57 Å². The lowest BCUT2D eigenvalue weighted by Crippen LogP contribution is -2.05. The molecule has 146 valence electrons. The maximum atomic E-state index is 11.6. The second-order valence-corrected chi connectivity index (χ2v) is 6.13. The maximum Gasteiger partial charge on any atom is 0.339 e. The van der Waals surface area contributed by atoms with Gasteiger partial charge in [0.2, 0.25) is 5.78 Å². The summed E-state index contributed by atoms with van der Waals surface area (Å²) in [7, 11) is 0. The van der Waals surface area contributed by atoms with E-state index in [1.165, 1.54) is 42.5 Å². The van der Waals surface area contributed by atoms with E-state index in [9.17, 15) is 39.9 Å². The van der Waals surface area contributed by atoms with Crippen molar-refractivity contribution in [3.05, 3.63) is 88.2 Å². The van der Waals surface area contributed by atoms with Gasteiger partial charge in [0.05, 0.1) is 0 Å². The number of rotatable bonds is 4. The molecule has 0 unspecified atom stereocenters. The average Bonchev–Trinajstić information content (AvgIpc) is 2.66. The minimum absolute atomic E-state index is 0.278. The Morgan fingerprint density at radius 1 is 0.724 bits per heavy atom. The van der Waals surface area contributed by atoms with Crippen molar-refractivity contribution in [2.24, 2.45) is 0 Å². The molecule has 3 rings (SSSR count). The molecule has 0 spiro atoms. The van der Waals surface area contributed by atoms with Crippen LogP contribution in [0.3, 0.4) is 0 Å². The Morgan fingerprint density at radius 3 is 1.62 bits per heavy atom. The number of allylic oxidation sites excluding steroid dienone is 4. The number of aliphatic hydroxyl groups is 1. The van der Waals surface area contributed by atoms with Crippen LogP contribution in [0.15, 0.2) is 66.0 Å². The van der Waals surface area contributed by atoms with Crippen LogP contribution in [0.25, 0.3) is 5.57 Å². The van der Waals surface area contributed by atoms with Crippen LogP contribution in [0.5, 0.6) is 11.5 Å². The molecule has 1 aliphatic rings. The highest BCUT2D eigenvalue weighted by atomic mass is 16.4. The van der Waals surface area contributed by atoms with Crippen LogP contribution in [0, 0.1) is 0 Å². The van der Waals surface area contributed by atoms with Gasteiger partial charge in [-0.25, -0.2) is 9.59 Å². The Labute approximate surface area is 163 Å². The first-order chi connectivity index (χ1) is 13.7. The molecule has 0 radical (unpaired) electrons. The smallest absolute Gasteiger partial charge is 0.339 e. The quantitative estimate of drug-likeness (QED) is 0.531. The van der Waals surface area contributed by atoms with E-state index in [4.69, 9.17) is 0 Å². The second-order valence-electron chi connectivity index (χ2n) is 6.13. The summed E-state index contributed by atoms with van der Waals surface area (Å²) in [4.78, 5) is 34.4. The molecule has 5 N–H and O–H groups in total. The second kappa shape index (κ2) is 7.35. The molecule has 0 heterocycles. The summed E-state index contributed by atoms with van der Waals surface area (Å²) in [6.45, 7) is 0. The van der Waals surface area contributed by atoms with Crippen molar-refractivity contribution in [2.75, 3.05) is 0 Å². The highest BCUT2D eigenvalue weighted by Gasteiger charge is 2.20. The number of ketones is 1. The SMILES string of the molecule is O=C1C=CC(=C(c2ccc(O)c(C(=O)O)c2)c2ccc(O)c(C(=O)O)c2)C=C1O. The zero-order valence-electron chi connectivity index (χ0n) is 14.7. The van der Waals surface area contributed by atoms with Crippen molar-refractivity contribution in [3.8, 4) is 11.5 Å². The first kappa shape index (κ1) is 19.4. The van der Waals surface area contributed by atoms with Gasteiger partial charge in [-0.1, -0.05) is 18.2 Å². The molecule has 2 aromatic carbocycles. The van der Waals surface area contributed by atoms with Crippen LogP contribution >= 0.6 is 0 Å². The monoisotopic (exact) mass is 394 g/mol. The molecular formula is C21H14O8. The van der Waals surface area contributed by atoms with Gasteiger partial charge in [0, 0.05) is 0 Å². The van der Waals surface area contributed by atoms with Gasteiger partial charge >= 0.3 is 11.9 Å². The first-order valence-corrected chi connectivity index (χ1v) is 8.19.